The number of rotatable bonds is 8. The molecule has 0 radical (unpaired) electrons. The summed E-state index contributed by atoms with van der Waals surface area (Å²) in [5, 5.41) is 22.7. The number of amides is 1. The Hall–Kier alpha value is -3.52. The number of nitrogens with one attached hydrogen (secondary N) is 1. The average molecular weight is 424 g/mol. The monoisotopic (exact) mass is 424 g/mol. The van der Waals surface area contributed by atoms with E-state index in [1.165, 1.54) is 28.0 Å². The molecule has 0 saturated carbocycles. The topological polar surface area (TPSA) is 105 Å². The third-order valence-electron chi connectivity index (χ3n) is 5.72. The Labute approximate surface area is 180 Å². The van der Waals surface area contributed by atoms with Crippen molar-refractivity contribution in [2.75, 3.05) is 26.2 Å². The summed E-state index contributed by atoms with van der Waals surface area (Å²) in [6.07, 6.45) is 0. The van der Waals surface area contributed by atoms with Crippen LogP contribution in [0.4, 0.5) is 5.69 Å². The molecule has 0 aromatic heterocycles. The van der Waals surface area contributed by atoms with E-state index in [1.807, 2.05) is 13.8 Å². The molecule has 8 nitrogen and oxygen atoms in total. The van der Waals surface area contributed by atoms with Gasteiger partial charge in [-0.15, -0.1) is 0 Å². The molecule has 31 heavy (non-hydrogen) atoms. The normalized spacial score (nSPS) is 18.0. The number of benzene rings is 2. The summed E-state index contributed by atoms with van der Waals surface area (Å²) in [4.78, 5) is 39.7. The van der Waals surface area contributed by atoms with Crippen LogP contribution in [0.5, 0.6) is 0 Å². The standard InChI is InChI=1S/C23H25N3O5/c1-3-24(4-2)14-15-25-20(17-12-8-9-13-18(17)26(30)31)19(22(28)23(25)29)21(27)16-10-6-5-7-11-16/h5-13,20,27H,3-4,14-15H2,1-2H3/p+1/t20-/m0/s1. The fourth-order valence-corrected chi connectivity index (χ4v) is 3.95. The largest absolute Gasteiger partial charge is 0.507 e. The first kappa shape index (κ1) is 22.2. The minimum absolute atomic E-state index is 0.125. The second kappa shape index (κ2) is 9.53. The molecular formula is C23H26N3O5+. The maximum Gasteiger partial charge on any atom is 0.295 e. The molecule has 0 spiro atoms. The van der Waals surface area contributed by atoms with Crippen LogP contribution in [0, 0.1) is 10.1 Å². The van der Waals surface area contributed by atoms with E-state index in [-0.39, 0.29) is 29.1 Å². The average Bonchev–Trinajstić information content (AvgIpc) is 3.04. The van der Waals surface area contributed by atoms with Crippen LogP contribution in [-0.2, 0) is 9.59 Å². The van der Waals surface area contributed by atoms with Gasteiger partial charge in [-0.05, 0) is 19.9 Å². The number of nitro benzene ring substituents is 1. The Balaban J connectivity index is 2.17. The molecule has 1 heterocycles. The maximum atomic E-state index is 13.0. The minimum atomic E-state index is -1.03. The molecule has 0 unspecified atom stereocenters. The Morgan fingerprint density at radius 3 is 2.29 bits per heavy atom. The van der Waals surface area contributed by atoms with Crippen LogP contribution in [0.15, 0.2) is 60.2 Å². The zero-order valence-electron chi connectivity index (χ0n) is 17.6. The molecule has 1 fully saturated rings. The highest BCUT2D eigenvalue weighted by molar-refractivity contribution is 6.46. The zero-order chi connectivity index (χ0) is 22.5. The van der Waals surface area contributed by atoms with Gasteiger partial charge in [0.2, 0.25) is 0 Å². The molecule has 3 rings (SSSR count). The summed E-state index contributed by atoms with van der Waals surface area (Å²) in [6, 6.07) is 13.4. The quantitative estimate of drug-likeness (QED) is 0.222. The van der Waals surface area contributed by atoms with Gasteiger partial charge in [0.05, 0.1) is 48.3 Å². The van der Waals surface area contributed by atoms with Gasteiger partial charge in [0.15, 0.2) is 0 Å². The van der Waals surface area contributed by atoms with Crippen LogP contribution >= 0.6 is 0 Å². The van der Waals surface area contributed by atoms with Crippen molar-refractivity contribution in [1.29, 1.82) is 0 Å². The molecule has 1 aliphatic rings. The van der Waals surface area contributed by atoms with Crippen LogP contribution in [0.3, 0.4) is 0 Å². The van der Waals surface area contributed by atoms with E-state index in [9.17, 15) is 24.8 Å². The lowest BCUT2D eigenvalue weighted by Gasteiger charge is -2.26. The first-order valence-corrected chi connectivity index (χ1v) is 10.3. The summed E-state index contributed by atoms with van der Waals surface area (Å²) in [6.45, 7) is 6.58. The highest BCUT2D eigenvalue weighted by Crippen LogP contribution is 2.42. The van der Waals surface area contributed by atoms with Crippen molar-refractivity contribution in [3.63, 3.8) is 0 Å². The Kier molecular flexibility index (Phi) is 6.81. The molecule has 2 aromatic rings. The summed E-state index contributed by atoms with van der Waals surface area (Å²) in [5.74, 6) is -1.92. The van der Waals surface area contributed by atoms with E-state index >= 15 is 0 Å². The predicted octanol–water partition coefficient (Wildman–Crippen LogP) is 1.94. The summed E-state index contributed by atoms with van der Waals surface area (Å²) in [5.41, 5.74) is 0.255. The van der Waals surface area contributed by atoms with Crippen LogP contribution in [-0.4, -0.2) is 52.8 Å². The van der Waals surface area contributed by atoms with Crippen LogP contribution in [0.2, 0.25) is 0 Å². The second-order valence-electron chi connectivity index (χ2n) is 7.38. The van der Waals surface area contributed by atoms with Crippen molar-refractivity contribution in [1.82, 2.24) is 4.90 Å². The number of hydrogen-bond donors (Lipinski definition) is 2. The Bertz CT molecular complexity index is 1010. The Morgan fingerprint density at radius 2 is 1.68 bits per heavy atom. The van der Waals surface area contributed by atoms with Crippen molar-refractivity contribution in [3.05, 3.63) is 81.4 Å². The van der Waals surface area contributed by atoms with Gasteiger partial charge in [-0.3, -0.25) is 19.7 Å². The lowest BCUT2D eigenvalue weighted by atomic mass is 9.94. The Morgan fingerprint density at radius 1 is 1.06 bits per heavy atom. The highest BCUT2D eigenvalue weighted by Gasteiger charge is 2.48. The maximum absolute atomic E-state index is 13.0. The molecule has 8 heteroatoms. The third-order valence-corrected chi connectivity index (χ3v) is 5.72. The van der Waals surface area contributed by atoms with E-state index in [2.05, 4.69) is 0 Å². The molecule has 2 aromatic carbocycles. The summed E-state index contributed by atoms with van der Waals surface area (Å²) < 4.78 is 0. The summed E-state index contributed by atoms with van der Waals surface area (Å²) >= 11 is 0. The van der Waals surface area contributed by atoms with Gasteiger partial charge in [0.25, 0.3) is 17.4 Å². The van der Waals surface area contributed by atoms with Crippen molar-refractivity contribution >= 4 is 23.1 Å². The molecule has 0 aliphatic carbocycles. The first-order chi connectivity index (χ1) is 14.9. The number of para-hydroxylation sites is 1. The van der Waals surface area contributed by atoms with Crippen molar-refractivity contribution < 1.29 is 24.5 Å². The number of likely N-dealkylation sites (tertiary alicyclic amines) is 1. The number of Topliss-reactive ketones (excluding diaryl/α,β-unsaturated/α-hetero) is 1. The fourth-order valence-electron chi connectivity index (χ4n) is 3.95. The molecule has 0 bridgehead atoms. The lowest BCUT2D eigenvalue weighted by Crippen LogP contribution is -3.12. The third kappa shape index (κ3) is 4.34. The van der Waals surface area contributed by atoms with Gasteiger partial charge < -0.3 is 14.9 Å². The molecule has 1 aliphatic heterocycles. The number of carbonyl (C=O) groups is 2. The van der Waals surface area contributed by atoms with E-state index in [4.69, 9.17) is 0 Å². The molecule has 162 valence electrons. The predicted molar refractivity (Wildman–Crippen MR) is 115 cm³/mol. The fraction of sp³-hybridized carbons (Fsp3) is 0.304. The van der Waals surface area contributed by atoms with E-state index in [1.54, 1.807) is 36.4 Å². The highest BCUT2D eigenvalue weighted by atomic mass is 16.6. The molecule has 2 N–H and O–H groups in total. The molecular weight excluding hydrogens is 398 g/mol. The van der Waals surface area contributed by atoms with Gasteiger partial charge in [0, 0.05) is 11.6 Å². The van der Waals surface area contributed by atoms with Gasteiger partial charge in [-0.1, -0.05) is 42.5 Å². The number of aliphatic hydroxyl groups is 1. The zero-order valence-corrected chi connectivity index (χ0v) is 17.6. The van der Waals surface area contributed by atoms with Gasteiger partial charge in [0.1, 0.15) is 5.76 Å². The number of carbonyl (C=O) groups excluding carboxylic acids is 2. The minimum Gasteiger partial charge on any atom is -0.507 e. The number of hydrogen-bond acceptors (Lipinski definition) is 5. The van der Waals surface area contributed by atoms with Crippen molar-refractivity contribution in [2.45, 2.75) is 19.9 Å². The number of ketones is 1. The SMILES string of the molecule is CC[NH+](CC)CCN1C(=O)C(=O)C(=C(O)c2ccccc2)[C@@H]1c1ccccc1[N+](=O)[O-]. The number of nitrogens with zero attached hydrogens (tertiary/aromatic N) is 2. The van der Waals surface area contributed by atoms with Crippen molar-refractivity contribution in [3.8, 4) is 0 Å². The van der Waals surface area contributed by atoms with E-state index in [0.717, 1.165) is 13.1 Å². The van der Waals surface area contributed by atoms with Crippen LogP contribution in [0.1, 0.15) is 31.0 Å². The smallest absolute Gasteiger partial charge is 0.295 e. The molecule has 1 atom stereocenters. The molecule has 1 saturated heterocycles. The van der Waals surface area contributed by atoms with Gasteiger partial charge in [-0.25, -0.2) is 0 Å². The lowest BCUT2D eigenvalue weighted by molar-refractivity contribution is -0.895. The summed E-state index contributed by atoms with van der Waals surface area (Å²) in [7, 11) is 0. The number of likely N-dealkylation sites (N-methyl/N-ethyl adjacent to an activating group) is 1. The van der Waals surface area contributed by atoms with Crippen LogP contribution in [0.25, 0.3) is 5.76 Å². The number of nitro groups is 1. The van der Waals surface area contributed by atoms with E-state index in [0.29, 0.717) is 12.1 Å². The second-order valence-corrected chi connectivity index (χ2v) is 7.38. The first-order valence-electron chi connectivity index (χ1n) is 10.3. The van der Waals surface area contributed by atoms with Gasteiger partial charge in [-0.2, -0.15) is 0 Å². The number of aliphatic hydroxyl groups excluding tert-OH is 1. The van der Waals surface area contributed by atoms with Crippen molar-refractivity contribution in [2.24, 2.45) is 0 Å². The number of quaternary nitrogens is 1. The van der Waals surface area contributed by atoms with Crippen LogP contribution < -0.4 is 4.90 Å². The van der Waals surface area contributed by atoms with E-state index < -0.39 is 22.7 Å². The molecule has 1 amide bonds. The van der Waals surface area contributed by atoms with Gasteiger partial charge >= 0.3 is 0 Å².